The van der Waals surface area contributed by atoms with Crippen LogP contribution in [-0.4, -0.2) is 19.8 Å². The van der Waals surface area contributed by atoms with Gasteiger partial charge in [0, 0.05) is 25.4 Å². The summed E-state index contributed by atoms with van der Waals surface area (Å²) < 4.78 is 5.52. The van der Waals surface area contributed by atoms with E-state index in [1.54, 1.807) is 0 Å². The Morgan fingerprint density at radius 2 is 2.11 bits per heavy atom. The van der Waals surface area contributed by atoms with Gasteiger partial charge >= 0.3 is 0 Å². The van der Waals surface area contributed by atoms with E-state index in [0.29, 0.717) is 16.6 Å². The summed E-state index contributed by atoms with van der Waals surface area (Å²) in [6.45, 7) is 8.80. The highest BCUT2D eigenvalue weighted by atomic mass is 35.5. The van der Waals surface area contributed by atoms with Crippen molar-refractivity contribution in [1.29, 1.82) is 0 Å². The van der Waals surface area contributed by atoms with Crippen LogP contribution >= 0.6 is 11.6 Å². The van der Waals surface area contributed by atoms with Gasteiger partial charge < -0.3 is 15.8 Å². The summed E-state index contributed by atoms with van der Waals surface area (Å²) in [5.74, 6) is 0.594. The molecule has 3 N–H and O–H groups in total. The molecule has 0 amide bonds. The number of ether oxygens (including phenoxy) is 1. The predicted octanol–water partition coefficient (Wildman–Crippen LogP) is 3.71. The molecule has 0 radical (unpaired) electrons. The molecular formula is C14H23ClN2O. The van der Waals surface area contributed by atoms with Crippen LogP contribution in [0.15, 0.2) is 12.1 Å². The zero-order valence-electron chi connectivity index (χ0n) is 11.4. The van der Waals surface area contributed by atoms with Gasteiger partial charge in [0.05, 0.1) is 10.7 Å². The minimum atomic E-state index is 0.594. The molecule has 0 heterocycles. The summed E-state index contributed by atoms with van der Waals surface area (Å²) >= 11 is 5.99. The average Bonchev–Trinajstić information content (AvgIpc) is 2.29. The Labute approximate surface area is 115 Å². The molecule has 0 aliphatic rings. The van der Waals surface area contributed by atoms with Crippen molar-refractivity contribution < 1.29 is 4.74 Å². The van der Waals surface area contributed by atoms with Gasteiger partial charge in [0.1, 0.15) is 0 Å². The Hall–Kier alpha value is -0.930. The average molecular weight is 271 g/mol. The largest absolute Gasteiger partial charge is 0.398 e. The minimum Gasteiger partial charge on any atom is -0.398 e. The van der Waals surface area contributed by atoms with Crippen LogP contribution in [0, 0.1) is 12.8 Å². The molecule has 4 heteroatoms. The summed E-state index contributed by atoms with van der Waals surface area (Å²) in [5.41, 5.74) is 8.51. The van der Waals surface area contributed by atoms with E-state index in [-0.39, 0.29) is 0 Å². The fraction of sp³-hybridized carbons (Fsp3) is 0.571. The molecule has 0 atom stereocenters. The molecule has 1 aromatic carbocycles. The first kappa shape index (κ1) is 15.1. The van der Waals surface area contributed by atoms with Crippen LogP contribution in [0.1, 0.15) is 25.8 Å². The van der Waals surface area contributed by atoms with Crippen LogP contribution in [0.5, 0.6) is 0 Å². The molecule has 0 aliphatic heterocycles. The molecule has 0 saturated heterocycles. The van der Waals surface area contributed by atoms with Gasteiger partial charge in [-0.05, 0) is 37.0 Å². The summed E-state index contributed by atoms with van der Waals surface area (Å²) in [6.07, 6.45) is 0.980. The normalized spacial score (nSPS) is 10.9. The van der Waals surface area contributed by atoms with E-state index in [1.807, 2.05) is 19.1 Å². The van der Waals surface area contributed by atoms with E-state index in [2.05, 4.69) is 19.2 Å². The number of hydrogen-bond acceptors (Lipinski definition) is 3. The first-order valence-electron chi connectivity index (χ1n) is 6.38. The predicted molar refractivity (Wildman–Crippen MR) is 79.4 cm³/mol. The van der Waals surface area contributed by atoms with Crippen LogP contribution in [0.25, 0.3) is 0 Å². The van der Waals surface area contributed by atoms with Gasteiger partial charge in [-0.15, -0.1) is 0 Å². The van der Waals surface area contributed by atoms with Gasteiger partial charge in [-0.1, -0.05) is 25.4 Å². The lowest BCUT2D eigenvalue weighted by molar-refractivity contribution is 0.110. The lowest BCUT2D eigenvalue weighted by atomic mass is 10.2. The van der Waals surface area contributed by atoms with Crippen molar-refractivity contribution in [2.24, 2.45) is 5.92 Å². The van der Waals surface area contributed by atoms with Gasteiger partial charge in [-0.3, -0.25) is 0 Å². The second-order valence-corrected chi connectivity index (χ2v) is 5.34. The molecular weight excluding hydrogens is 248 g/mol. The highest BCUT2D eigenvalue weighted by Gasteiger charge is 2.03. The third-order valence-corrected chi connectivity index (χ3v) is 2.90. The fourth-order valence-corrected chi connectivity index (χ4v) is 1.77. The number of nitrogens with two attached hydrogens (primary N) is 1. The number of benzene rings is 1. The highest BCUT2D eigenvalue weighted by Crippen LogP contribution is 2.26. The minimum absolute atomic E-state index is 0.594. The third kappa shape index (κ3) is 5.15. The van der Waals surface area contributed by atoms with Gasteiger partial charge in [0.15, 0.2) is 0 Å². The molecule has 0 aromatic heterocycles. The molecule has 3 nitrogen and oxygen atoms in total. The van der Waals surface area contributed by atoms with E-state index in [9.17, 15) is 0 Å². The van der Waals surface area contributed by atoms with Crippen LogP contribution in [0.2, 0.25) is 5.02 Å². The molecule has 0 fully saturated rings. The topological polar surface area (TPSA) is 47.3 Å². The maximum absolute atomic E-state index is 5.99. The van der Waals surface area contributed by atoms with Crippen molar-refractivity contribution in [2.75, 3.05) is 30.8 Å². The van der Waals surface area contributed by atoms with E-state index in [4.69, 9.17) is 22.1 Å². The van der Waals surface area contributed by atoms with Gasteiger partial charge in [-0.25, -0.2) is 0 Å². The number of rotatable bonds is 7. The van der Waals surface area contributed by atoms with Crippen molar-refractivity contribution in [3.63, 3.8) is 0 Å². The lowest BCUT2D eigenvalue weighted by Gasteiger charge is -2.12. The van der Waals surface area contributed by atoms with Gasteiger partial charge in [-0.2, -0.15) is 0 Å². The standard InChI is InChI=1S/C14H23ClN2O/c1-10(2)9-18-6-4-5-17-14-8-12(15)13(16)7-11(14)3/h7-8,10,17H,4-6,9,16H2,1-3H3. The molecule has 0 aliphatic carbocycles. The Kier molecular flexibility index (Phi) is 6.30. The van der Waals surface area contributed by atoms with Crippen LogP contribution in [0.3, 0.4) is 0 Å². The van der Waals surface area contributed by atoms with Crippen LogP contribution < -0.4 is 11.1 Å². The number of hydrogen-bond donors (Lipinski definition) is 2. The molecule has 102 valence electrons. The number of anilines is 2. The number of halogens is 1. The molecule has 1 rings (SSSR count). The first-order valence-corrected chi connectivity index (χ1v) is 6.75. The second-order valence-electron chi connectivity index (χ2n) is 4.94. The van der Waals surface area contributed by atoms with Gasteiger partial charge in [0.2, 0.25) is 0 Å². The van der Waals surface area contributed by atoms with E-state index >= 15 is 0 Å². The summed E-state index contributed by atoms with van der Waals surface area (Å²) in [5, 5.41) is 3.95. The van der Waals surface area contributed by atoms with Gasteiger partial charge in [0.25, 0.3) is 0 Å². The van der Waals surface area contributed by atoms with Crippen LogP contribution in [0.4, 0.5) is 11.4 Å². The number of aryl methyl sites for hydroxylation is 1. The molecule has 1 aromatic rings. The Bertz CT molecular complexity index is 380. The number of nitrogen functional groups attached to an aromatic ring is 1. The third-order valence-electron chi connectivity index (χ3n) is 2.58. The Morgan fingerprint density at radius 1 is 1.39 bits per heavy atom. The molecule has 0 spiro atoms. The molecule has 18 heavy (non-hydrogen) atoms. The first-order chi connectivity index (χ1) is 8.50. The Balaban J connectivity index is 2.29. The van der Waals surface area contributed by atoms with Crippen molar-refractivity contribution in [3.05, 3.63) is 22.7 Å². The molecule has 0 bridgehead atoms. The summed E-state index contributed by atoms with van der Waals surface area (Å²) in [6, 6.07) is 3.77. The van der Waals surface area contributed by atoms with Crippen molar-refractivity contribution >= 4 is 23.0 Å². The van der Waals surface area contributed by atoms with E-state index in [0.717, 1.165) is 37.4 Å². The molecule has 0 saturated carbocycles. The maximum Gasteiger partial charge on any atom is 0.0656 e. The Morgan fingerprint density at radius 3 is 2.78 bits per heavy atom. The van der Waals surface area contributed by atoms with Crippen molar-refractivity contribution in [3.8, 4) is 0 Å². The quantitative estimate of drug-likeness (QED) is 0.587. The van der Waals surface area contributed by atoms with Crippen molar-refractivity contribution in [1.82, 2.24) is 0 Å². The zero-order valence-corrected chi connectivity index (χ0v) is 12.2. The summed E-state index contributed by atoms with van der Waals surface area (Å²) in [4.78, 5) is 0. The fourth-order valence-electron chi connectivity index (χ4n) is 1.61. The van der Waals surface area contributed by atoms with E-state index < -0.39 is 0 Å². The second kappa shape index (κ2) is 7.49. The van der Waals surface area contributed by atoms with Crippen molar-refractivity contribution in [2.45, 2.75) is 27.2 Å². The summed E-state index contributed by atoms with van der Waals surface area (Å²) in [7, 11) is 0. The molecule has 0 unspecified atom stereocenters. The monoisotopic (exact) mass is 270 g/mol. The smallest absolute Gasteiger partial charge is 0.0656 e. The number of nitrogens with one attached hydrogen (secondary N) is 1. The zero-order chi connectivity index (χ0) is 13.5. The maximum atomic E-state index is 5.99. The van der Waals surface area contributed by atoms with E-state index in [1.165, 1.54) is 0 Å². The highest BCUT2D eigenvalue weighted by molar-refractivity contribution is 6.33. The van der Waals surface area contributed by atoms with Crippen LogP contribution in [-0.2, 0) is 4.74 Å². The SMILES string of the molecule is Cc1cc(N)c(Cl)cc1NCCCOCC(C)C. The lowest BCUT2D eigenvalue weighted by Crippen LogP contribution is -2.09.